The van der Waals surface area contributed by atoms with Gasteiger partial charge in [-0.15, -0.1) is 0 Å². The summed E-state index contributed by atoms with van der Waals surface area (Å²) in [5, 5.41) is 2.75. The second kappa shape index (κ2) is 9.06. The molecule has 1 N–H and O–H groups in total. The summed E-state index contributed by atoms with van der Waals surface area (Å²) in [5.74, 6) is -1.95. The van der Waals surface area contributed by atoms with Gasteiger partial charge in [0.2, 0.25) is 0 Å². The fourth-order valence-electron chi connectivity index (χ4n) is 3.49. The lowest BCUT2D eigenvalue weighted by molar-refractivity contribution is 0.0865. The van der Waals surface area contributed by atoms with Gasteiger partial charge in [-0.05, 0) is 31.2 Å². The topological polar surface area (TPSA) is 35.6 Å². The van der Waals surface area contributed by atoms with Crippen LogP contribution in [0.2, 0.25) is 0 Å². The highest BCUT2D eigenvalue weighted by Gasteiger charge is 2.25. The van der Waals surface area contributed by atoms with Gasteiger partial charge >= 0.3 is 0 Å². The van der Waals surface area contributed by atoms with E-state index in [1.807, 2.05) is 6.07 Å². The second-order valence-electron chi connectivity index (χ2n) is 6.99. The molecule has 27 heavy (non-hydrogen) atoms. The van der Waals surface area contributed by atoms with Crippen LogP contribution in [0, 0.1) is 11.6 Å². The molecule has 0 aromatic heterocycles. The predicted octanol–water partition coefficient (Wildman–Crippen LogP) is 3.07. The first-order valence-corrected chi connectivity index (χ1v) is 9.25. The van der Waals surface area contributed by atoms with Crippen molar-refractivity contribution in [2.24, 2.45) is 0 Å². The first kappa shape index (κ1) is 19.5. The number of rotatable bonds is 6. The van der Waals surface area contributed by atoms with Crippen LogP contribution in [0.25, 0.3) is 0 Å². The highest BCUT2D eigenvalue weighted by Crippen LogP contribution is 2.24. The third-order valence-electron chi connectivity index (χ3n) is 4.91. The molecule has 4 nitrogen and oxygen atoms in total. The minimum absolute atomic E-state index is 0.00857. The molecule has 2 aromatic rings. The van der Waals surface area contributed by atoms with Crippen molar-refractivity contribution in [3.63, 3.8) is 0 Å². The van der Waals surface area contributed by atoms with E-state index in [1.165, 1.54) is 5.56 Å². The van der Waals surface area contributed by atoms with E-state index in [0.717, 1.165) is 50.8 Å². The van der Waals surface area contributed by atoms with Gasteiger partial charge in [0.25, 0.3) is 5.91 Å². The molecule has 6 heteroatoms. The lowest BCUT2D eigenvalue weighted by Crippen LogP contribution is -2.47. The van der Waals surface area contributed by atoms with Crippen molar-refractivity contribution in [2.45, 2.75) is 12.5 Å². The molecule has 1 unspecified atom stereocenters. The Hall–Kier alpha value is -2.31. The average molecular weight is 373 g/mol. The fourth-order valence-corrected chi connectivity index (χ4v) is 3.49. The molecular formula is C21H25F2N3O. The van der Waals surface area contributed by atoms with Crippen molar-refractivity contribution in [1.29, 1.82) is 0 Å². The van der Waals surface area contributed by atoms with Crippen LogP contribution in [0.4, 0.5) is 8.78 Å². The molecule has 1 saturated heterocycles. The average Bonchev–Trinajstić information content (AvgIpc) is 2.66. The molecule has 1 fully saturated rings. The number of halogens is 2. The zero-order chi connectivity index (χ0) is 19.2. The maximum absolute atomic E-state index is 13.2. The molecular weight excluding hydrogens is 348 g/mol. The van der Waals surface area contributed by atoms with Gasteiger partial charge in [0.1, 0.15) is 11.6 Å². The number of hydrogen-bond donors (Lipinski definition) is 1. The molecule has 1 aliphatic heterocycles. The van der Waals surface area contributed by atoms with Gasteiger partial charge in [-0.3, -0.25) is 9.69 Å². The van der Waals surface area contributed by atoms with Crippen molar-refractivity contribution in [3.05, 3.63) is 71.3 Å². The molecule has 0 saturated carbocycles. The fraction of sp³-hybridized carbons (Fsp3) is 0.381. The van der Waals surface area contributed by atoms with Crippen molar-refractivity contribution in [3.8, 4) is 0 Å². The van der Waals surface area contributed by atoms with Gasteiger partial charge in [0.05, 0.1) is 0 Å². The maximum Gasteiger partial charge on any atom is 0.251 e. The lowest BCUT2D eigenvalue weighted by Gasteiger charge is -2.40. The Morgan fingerprint density at radius 2 is 1.81 bits per heavy atom. The van der Waals surface area contributed by atoms with Crippen LogP contribution in [0.15, 0.2) is 48.5 Å². The molecule has 2 aromatic carbocycles. The van der Waals surface area contributed by atoms with E-state index < -0.39 is 17.5 Å². The third-order valence-corrected chi connectivity index (χ3v) is 4.91. The first-order chi connectivity index (χ1) is 13.0. The van der Waals surface area contributed by atoms with Crippen LogP contribution in [0.5, 0.6) is 0 Å². The molecule has 1 aliphatic rings. The standard InChI is InChI=1S/C21H25F2N3O/c1-25-10-11-26(20(15-25)16-6-3-2-4-7-16)9-5-8-24-21(27)17-12-18(22)14-19(23)13-17/h2-4,6-7,12-14,20H,5,8-11,15H2,1H3,(H,24,27). The zero-order valence-corrected chi connectivity index (χ0v) is 15.5. The minimum Gasteiger partial charge on any atom is -0.352 e. The van der Waals surface area contributed by atoms with Gasteiger partial charge in [-0.25, -0.2) is 8.78 Å². The van der Waals surface area contributed by atoms with Crippen LogP contribution in [0.1, 0.15) is 28.4 Å². The van der Waals surface area contributed by atoms with Crippen molar-refractivity contribution in [2.75, 3.05) is 39.8 Å². The Balaban J connectivity index is 1.52. The number of likely N-dealkylation sites (N-methyl/N-ethyl adjacent to an activating group) is 1. The second-order valence-corrected chi connectivity index (χ2v) is 6.99. The molecule has 0 aliphatic carbocycles. The summed E-state index contributed by atoms with van der Waals surface area (Å²) in [5.41, 5.74) is 1.30. The summed E-state index contributed by atoms with van der Waals surface area (Å²) < 4.78 is 26.4. The highest BCUT2D eigenvalue weighted by atomic mass is 19.1. The van der Waals surface area contributed by atoms with Gasteiger partial charge in [-0.2, -0.15) is 0 Å². The summed E-state index contributed by atoms with van der Waals surface area (Å²) in [6, 6.07) is 13.6. The number of nitrogens with one attached hydrogen (secondary N) is 1. The lowest BCUT2D eigenvalue weighted by atomic mass is 10.0. The SMILES string of the molecule is CN1CCN(CCCNC(=O)c2cc(F)cc(F)c2)C(c2ccccc2)C1. The normalized spacial score (nSPS) is 18.4. The Kier molecular flexibility index (Phi) is 6.53. The number of nitrogens with zero attached hydrogens (tertiary/aromatic N) is 2. The smallest absolute Gasteiger partial charge is 0.251 e. The number of amides is 1. The summed E-state index contributed by atoms with van der Waals surface area (Å²) in [7, 11) is 2.13. The Morgan fingerprint density at radius 1 is 1.11 bits per heavy atom. The molecule has 1 heterocycles. The minimum atomic E-state index is -0.747. The molecule has 0 bridgehead atoms. The first-order valence-electron chi connectivity index (χ1n) is 9.25. The van der Waals surface area contributed by atoms with Crippen molar-refractivity contribution >= 4 is 5.91 Å². The predicted molar refractivity (Wildman–Crippen MR) is 102 cm³/mol. The number of carbonyl (C=O) groups excluding carboxylic acids is 1. The summed E-state index contributed by atoms with van der Waals surface area (Å²) >= 11 is 0. The third kappa shape index (κ3) is 5.34. The van der Waals surface area contributed by atoms with Crippen molar-refractivity contribution in [1.82, 2.24) is 15.1 Å². The largest absolute Gasteiger partial charge is 0.352 e. The van der Waals surface area contributed by atoms with E-state index in [-0.39, 0.29) is 5.56 Å². The van der Waals surface area contributed by atoms with Gasteiger partial charge < -0.3 is 10.2 Å². The Bertz CT molecular complexity index is 749. The maximum atomic E-state index is 13.2. The van der Waals surface area contributed by atoms with E-state index in [4.69, 9.17) is 0 Å². The number of hydrogen-bond acceptors (Lipinski definition) is 3. The molecule has 1 amide bonds. The number of carbonyl (C=O) groups is 1. The quantitative estimate of drug-likeness (QED) is 0.791. The Labute approximate surface area is 158 Å². The van der Waals surface area contributed by atoms with Gasteiger partial charge in [0.15, 0.2) is 0 Å². The van der Waals surface area contributed by atoms with Gasteiger partial charge in [0, 0.05) is 50.4 Å². The van der Waals surface area contributed by atoms with E-state index >= 15 is 0 Å². The number of benzene rings is 2. The van der Waals surface area contributed by atoms with Crippen LogP contribution < -0.4 is 5.32 Å². The van der Waals surface area contributed by atoms with Crippen molar-refractivity contribution < 1.29 is 13.6 Å². The molecule has 0 radical (unpaired) electrons. The van der Waals surface area contributed by atoms with E-state index in [0.29, 0.717) is 12.6 Å². The van der Waals surface area contributed by atoms with E-state index in [1.54, 1.807) is 0 Å². The highest BCUT2D eigenvalue weighted by molar-refractivity contribution is 5.94. The molecule has 1 atom stereocenters. The molecule has 0 spiro atoms. The van der Waals surface area contributed by atoms with E-state index in [9.17, 15) is 13.6 Å². The van der Waals surface area contributed by atoms with Crippen LogP contribution in [0.3, 0.4) is 0 Å². The summed E-state index contributed by atoms with van der Waals surface area (Å²) in [4.78, 5) is 16.8. The number of piperazine rings is 1. The molecule has 3 rings (SSSR count). The van der Waals surface area contributed by atoms with Crippen LogP contribution in [-0.4, -0.2) is 55.5 Å². The van der Waals surface area contributed by atoms with Gasteiger partial charge in [-0.1, -0.05) is 30.3 Å². The monoisotopic (exact) mass is 373 g/mol. The summed E-state index contributed by atoms with van der Waals surface area (Å²) in [6.45, 7) is 4.27. The van der Waals surface area contributed by atoms with Crippen LogP contribution >= 0.6 is 0 Å². The summed E-state index contributed by atoms with van der Waals surface area (Å²) in [6.07, 6.45) is 0.774. The van der Waals surface area contributed by atoms with E-state index in [2.05, 4.69) is 46.4 Å². The van der Waals surface area contributed by atoms with Crippen LogP contribution in [-0.2, 0) is 0 Å². The zero-order valence-electron chi connectivity index (χ0n) is 15.5. The molecule has 144 valence electrons. The Morgan fingerprint density at radius 3 is 2.52 bits per heavy atom.